The first kappa shape index (κ1) is 7.50. The Morgan fingerprint density at radius 1 is 1.42 bits per heavy atom. The van der Waals surface area contributed by atoms with E-state index in [1.807, 2.05) is 31.4 Å². The fourth-order valence-electron chi connectivity index (χ4n) is 1.34. The lowest BCUT2D eigenvalue weighted by Crippen LogP contribution is -1.84. The molecule has 0 radical (unpaired) electrons. The third-order valence-corrected chi connectivity index (χ3v) is 2.24. The number of aromatic nitrogens is 1. The van der Waals surface area contributed by atoms with Gasteiger partial charge in [-0.15, -0.1) is 0 Å². The summed E-state index contributed by atoms with van der Waals surface area (Å²) in [5.74, 6) is 0. The van der Waals surface area contributed by atoms with Gasteiger partial charge in [-0.25, -0.2) is 0 Å². The van der Waals surface area contributed by atoms with Gasteiger partial charge >= 0.3 is 0 Å². The fourth-order valence-corrected chi connectivity index (χ4v) is 1.61. The predicted molar refractivity (Wildman–Crippen MR) is 52.9 cm³/mol. The van der Waals surface area contributed by atoms with Crippen molar-refractivity contribution in [2.75, 3.05) is 12.4 Å². The van der Waals surface area contributed by atoms with Crippen LogP contribution in [0.5, 0.6) is 0 Å². The highest BCUT2D eigenvalue weighted by molar-refractivity contribution is 6.36. The molecule has 0 atom stereocenters. The van der Waals surface area contributed by atoms with Crippen molar-refractivity contribution >= 4 is 28.2 Å². The maximum absolute atomic E-state index is 6.02. The molecule has 62 valence electrons. The van der Waals surface area contributed by atoms with Gasteiger partial charge < -0.3 is 10.3 Å². The average molecular weight is 181 g/mol. The first-order chi connectivity index (χ1) is 5.83. The van der Waals surface area contributed by atoms with Gasteiger partial charge in [0.05, 0.1) is 10.7 Å². The molecule has 1 aromatic heterocycles. The van der Waals surface area contributed by atoms with Crippen LogP contribution in [0.4, 0.5) is 5.69 Å². The Morgan fingerprint density at radius 3 is 3.00 bits per heavy atom. The van der Waals surface area contributed by atoms with Crippen molar-refractivity contribution in [3.05, 3.63) is 29.4 Å². The number of benzene rings is 1. The molecule has 0 saturated heterocycles. The van der Waals surface area contributed by atoms with Crippen molar-refractivity contribution < 1.29 is 0 Å². The van der Waals surface area contributed by atoms with Crippen molar-refractivity contribution in [1.82, 2.24) is 4.98 Å². The van der Waals surface area contributed by atoms with Gasteiger partial charge in [0, 0.05) is 24.1 Å². The van der Waals surface area contributed by atoms with Crippen molar-refractivity contribution in [2.24, 2.45) is 0 Å². The van der Waals surface area contributed by atoms with Crippen LogP contribution in [-0.4, -0.2) is 12.0 Å². The quantitative estimate of drug-likeness (QED) is 0.694. The second-order valence-electron chi connectivity index (χ2n) is 2.61. The van der Waals surface area contributed by atoms with Gasteiger partial charge in [0.25, 0.3) is 0 Å². The number of fused-ring (bicyclic) bond motifs is 1. The smallest absolute Gasteiger partial charge is 0.0610 e. The number of hydrogen-bond acceptors (Lipinski definition) is 1. The molecule has 1 aromatic carbocycles. The van der Waals surface area contributed by atoms with Crippen LogP contribution in [0.1, 0.15) is 0 Å². The molecule has 0 saturated carbocycles. The zero-order valence-corrected chi connectivity index (χ0v) is 7.44. The van der Waals surface area contributed by atoms with Crippen LogP contribution in [0, 0.1) is 0 Å². The number of rotatable bonds is 1. The van der Waals surface area contributed by atoms with E-state index in [0.29, 0.717) is 0 Å². The lowest BCUT2D eigenvalue weighted by molar-refractivity contribution is 1.45. The van der Waals surface area contributed by atoms with E-state index in [-0.39, 0.29) is 0 Å². The molecule has 0 amide bonds. The second kappa shape index (κ2) is 2.72. The molecule has 0 aliphatic rings. The normalized spacial score (nSPS) is 10.5. The maximum Gasteiger partial charge on any atom is 0.0610 e. The van der Waals surface area contributed by atoms with Crippen LogP contribution < -0.4 is 5.32 Å². The third kappa shape index (κ3) is 0.959. The molecule has 12 heavy (non-hydrogen) atoms. The first-order valence-electron chi connectivity index (χ1n) is 3.76. The van der Waals surface area contributed by atoms with Crippen LogP contribution >= 0.6 is 11.6 Å². The number of aromatic amines is 1. The summed E-state index contributed by atoms with van der Waals surface area (Å²) >= 11 is 6.02. The van der Waals surface area contributed by atoms with E-state index in [4.69, 9.17) is 11.6 Å². The summed E-state index contributed by atoms with van der Waals surface area (Å²) in [5.41, 5.74) is 2.10. The Kier molecular flexibility index (Phi) is 1.70. The molecule has 1 heterocycles. The highest BCUT2D eigenvalue weighted by atomic mass is 35.5. The van der Waals surface area contributed by atoms with Gasteiger partial charge in [0.2, 0.25) is 0 Å². The van der Waals surface area contributed by atoms with E-state index >= 15 is 0 Å². The van der Waals surface area contributed by atoms with E-state index in [0.717, 1.165) is 21.6 Å². The molecule has 0 bridgehead atoms. The van der Waals surface area contributed by atoms with E-state index in [1.54, 1.807) is 0 Å². The topological polar surface area (TPSA) is 27.8 Å². The van der Waals surface area contributed by atoms with E-state index in [9.17, 15) is 0 Å². The van der Waals surface area contributed by atoms with Crippen molar-refractivity contribution in [2.45, 2.75) is 0 Å². The Morgan fingerprint density at radius 2 is 2.25 bits per heavy atom. The van der Waals surface area contributed by atoms with Crippen molar-refractivity contribution in [3.63, 3.8) is 0 Å². The molecule has 0 unspecified atom stereocenters. The summed E-state index contributed by atoms with van der Waals surface area (Å²) in [6, 6.07) is 5.82. The lowest BCUT2D eigenvalue weighted by atomic mass is 10.2. The minimum Gasteiger partial charge on any atom is -0.386 e. The molecule has 2 N–H and O–H groups in total. The minimum atomic E-state index is 0.776. The average Bonchev–Trinajstić information content (AvgIpc) is 2.49. The highest BCUT2D eigenvalue weighted by Gasteiger charge is 2.04. The summed E-state index contributed by atoms with van der Waals surface area (Å²) < 4.78 is 0. The SMILES string of the molecule is CNc1c[nH]c2cccc(Cl)c12. The number of halogens is 1. The molecular formula is C9H9ClN2. The van der Waals surface area contributed by atoms with Crippen molar-refractivity contribution in [1.29, 1.82) is 0 Å². The second-order valence-corrected chi connectivity index (χ2v) is 3.02. The number of nitrogens with one attached hydrogen (secondary N) is 2. The van der Waals surface area contributed by atoms with Gasteiger partial charge in [-0.1, -0.05) is 17.7 Å². The van der Waals surface area contributed by atoms with Crippen LogP contribution in [-0.2, 0) is 0 Å². The predicted octanol–water partition coefficient (Wildman–Crippen LogP) is 2.86. The molecule has 3 heteroatoms. The lowest BCUT2D eigenvalue weighted by Gasteiger charge is -1.97. The molecule has 2 nitrogen and oxygen atoms in total. The van der Waals surface area contributed by atoms with Gasteiger partial charge in [-0.3, -0.25) is 0 Å². The summed E-state index contributed by atoms with van der Waals surface area (Å²) in [5, 5.41) is 4.91. The number of hydrogen-bond donors (Lipinski definition) is 2. The molecule has 2 rings (SSSR count). The fraction of sp³-hybridized carbons (Fsp3) is 0.111. The summed E-state index contributed by atoms with van der Waals surface area (Å²) in [6.07, 6.45) is 1.91. The summed E-state index contributed by atoms with van der Waals surface area (Å²) in [7, 11) is 1.88. The highest BCUT2D eigenvalue weighted by Crippen LogP contribution is 2.29. The van der Waals surface area contributed by atoms with Crippen LogP contribution in [0.15, 0.2) is 24.4 Å². The largest absolute Gasteiger partial charge is 0.386 e. The first-order valence-corrected chi connectivity index (χ1v) is 4.14. The van der Waals surface area contributed by atoms with Gasteiger partial charge in [-0.05, 0) is 12.1 Å². The maximum atomic E-state index is 6.02. The molecule has 0 fully saturated rings. The Bertz CT molecular complexity index is 406. The van der Waals surface area contributed by atoms with Crippen LogP contribution in [0.2, 0.25) is 5.02 Å². The monoisotopic (exact) mass is 180 g/mol. The minimum absolute atomic E-state index is 0.776. The van der Waals surface area contributed by atoms with Crippen LogP contribution in [0.3, 0.4) is 0 Å². The molecule has 0 spiro atoms. The molecular weight excluding hydrogens is 172 g/mol. The zero-order chi connectivity index (χ0) is 8.55. The molecule has 0 aliphatic carbocycles. The summed E-state index contributed by atoms with van der Waals surface area (Å²) in [4.78, 5) is 3.13. The van der Waals surface area contributed by atoms with Crippen LogP contribution in [0.25, 0.3) is 10.9 Å². The number of anilines is 1. The van der Waals surface area contributed by atoms with Gasteiger partial charge in [0.15, 0.2) is 0 Å². The summed E-state index contributed by atoms with van der Waals surface area (Å²) in [6.45, 7) is 0. The Labute approximate surface area is 75.5 Å². The zero-order valence-electron chi connectivity index (χ0n) is 6.69. The standard InChI is InChI=1S/C9H9ClN2/c1-11-8-5-12-7-4-2-3-6(10)9(7)8/h2-5,11-12H,1H3. The van der Waals surface area contributed by atoms with Crippen molar-refractivity contribution in [3.8, 4) is 0 Å². The Hall–Kier alpha value is -1.15. The third-order valence-electron chi connectivity index (χ3n) is 1.92. The van der Waals surface area contributed by atoms with Gasteiger partial charge in [0.1, 0.15) is 0 Å². The molecule has 2 aromatic rings. The van der Waals surface area contributed by atoms with E-state index in [2.05, 4.69) is 10.3 Å². The van der Waals surface area contributed by atoms with E-state index < -0.39 is 0 Å². The van der Waals surface area contributed by atoms with E-state index in [1.165, 1.54) is 0 Å². The Balaban J connectivity index is 2.83. The van der Waals surface area contributed by atoms with Gasteiger partial charge in [-0.2, -0.15) is 0 Å². The molecule has 0 aliphatic heterocycles. The number of H-pyrrole nitrogens is 1.